The molecule has 0 unspecified atom stereocenters. The number of aromatic nitrogens is 4. The summed E-state index contributed by atoms with van der Waals surface area (Å²) >= 11 is 0. The molecule has 2 aromatic heterocycles. The normalized spacial score (nSPS) is 11.0. The van der Waals surface area contributed by atoms with Gasteiger partial charge in [0.25, 0.3) is 0 Å². The van der Waals surface area contributed by atoms with Gasteiger partial charge >= 0.3 is 0 Å². The van der Waals surface area contributed by atoms with Gasteiger partial charge in [0.15, 0.2) is 0 Å². The molecule has 0 amide bonds. The molecule has 0 aliphatic carbocycles. The third-order valence-corrected chi connectivity index (χ3v) is 3.67. The average Bonchev–Trinajstić information content (AvgIpc) is 3.05. The molecule has 5 heteroatoms. The van der Waals surface area contributed by atoms with Crippen molar-refractivity contribution in [3.63, 3.8) is 0 Å². The van der Waals surface area contributed by atoms with Gasteiger partial charge in [-0.2, -0.15) is 10.4 Å². The number of imidazole rings is 1. The number of aryl methyl sites for hydroxylation is 3. The van der Waals surface area contributed by atoms with Gasteiger partial charge in [-0.1, -0.05) is 6.92 Å². The summed E-state index contributed by atoms with van der Waals surface area (Å²) in [7, 11) is 1.93. The van der Waals surface area contributed by atoms with Gasteiger partial charge < -0.3 is 4.57 Å². The lowest BCUT2D eigenvalue weighted by Gasteiger charge is -2.05. The fourth-order valence-corrected chi connectivity index (χ4v) is 2.71. The molecule has 5 nitrogen and oxygen atoms in total. The van der Waals surface area contributed by atoms with Crippen molar-refractivity contribution in [2.45, 2.75) is 26.8 Å². The van der Waals surface area contributed by atoms with Crippen molar-refractivity contribution in [1.29, 1.82) is 5.26 Å². The smallest absolute Gasteiger partial charge is 0.144 e. The van der Waals surface area contributed by atoms with Gasteiger partial charge in [0.05, 0.1) is 33.9 Å². The Morgan fingerprint density at radius 3 is 2.76 bits per heavy atom. The summed E-state index contributed by atoms with van der Waals surface area (Å²) in [5.74, 6) is 0.924. The van der Waals surface area contributed by atoms with Gasteiger partial charge in [-0.05, 0) is 31.5 Å². The molecule has 2 heterocycles. The van der Waals surface area contributed by atoms with Gasteiger partial charge in [0.1, 0.15) is 5.82 Å². The molecule has 0 radical (unpaired) electrons. The lowest BCUT2D eigenvalue weighted by Crippen LogP contribution is -1.98. The Morgan fingerprint density at radius 1 is 1.29 bits per heavy atom. The largest absolute Gasteiger partial charge is 0.324 e. The Hall–Kier alpha value is -2.61. The molecule has 0 saturated heterocycles. The van der Waals surface area contributed by atoms with Crippen LogP contribution in [-0.4, -0.2) is 19.3 Å². The molecule has 0 atom stereocenters. The quantitative estimate of drug-likeness (QED) is 0.740. The highest BCUT2D eigenvalue weighted by atomic mass is 15.3. The van der Waals surface area contributed by atoms with E-state index in [0.717, 1.165) is 41.1 Å². The predicted molar refractivity (Wildman–Crippen MR) is 81.7 cm³/mol. The van der Waals surface area contributed by atoms with Crippen LogP contribution in [0.15, 0.2) is 24.4 Å². The second-order valence-corrected chi connectivity index (χ2v) is 5.01. The molecule has 0 aliphatic heterocycles. The number of nitriles is 1. The summed E-state index contributed by atoms with van der Waals surface area (Å²) in [6.07, 6.45) is 2.88. The molecular formula is C16H17N5. The summed E-state index contributed by atoms with van der Waals surface area (Å²) < 4.78 is 4.00. The summed E-state index contributed by atoms with van der Waals surface area (Å²) in [6, 6.07) is 7.81. The zero-order valence-electron chi connectivity index (χ0n) is 12.5. The molecular weight excluding hydrogens is 262 g/mol. The van der Waals surface area contributed by atoms with Crippen molar-refractivity contribution in [2.24, 2.45) is 7.05 Å². The molecule has 0 aliphatic rings. The van der Waals surface area contributed by atoms with Gasteiger partial charge in [0, 0.05) is 19.8 Å². The number of nitrogens with zero attached hydrogens (tertiary/aromatic N) is 5. The van der Waals surface area contributed by atoms with E-state index in [0.29, 0.717) is 5.56 Å². The Bertz CT molecular complexity index is 848. The minimum absolute atomic E-state index is 0.636. The van der Waals surface area contributed by atoms with E-state index in [1.165, 1.54) is 0 Å². The number of rotatable bonds is 3. The standard InChI is InChI=1S/C16H17N5/c1-4-13-12(10-20(3)19-13)16-18-14-8-11(9-17)6-7-15(14)21(16)5-2/h6-8,10H,4-5H2,1-3H3. The van der Waals surface area contributed by atoms with Gasteiger partial charge in [-0.25, -0.2) is 4.98 Å². The average molecular weight is 279 g/mol. The first-order valence-corrected chi connectivity index (χ1v) is 7.11. The highest BCUT2D eigenvalue weighted by Crippen LogP contribution is 2.27. The van der Waals surface area contributed by atoms with Crippen LogP contribution >= 0.6 is 0 Å². The highest BCUT2D eigenvalue weighted by Gasteiger charge is 2.17. The molecule has 106 valence electrons. The summed E-state index contributed by atoms with van der Waals surface area (Å²) in [6.45, 7) is 5.03. The van der Waals surface area contributed by atoms with Crippen LogP contribution < -0.4 is 0 Å². The van der Waals surface area contributed by atoms with E-state index in [1.807, 2.05) is 36.1 Å². The monoisotopic (exact) mass is 279 g/mol. The Balaban J connectivity index is 2.29. The third kappa shape index (κ3) is 2.09. The number of hydrogen-bond donors (Lipinski definition) is 0. The zero-order chi connectivity index (χ0) is 15.0. The van der Waals surface area contributed by atoms with E-state index in [1.54, 1.807) is 0 Å². The van der Waals surface area contributed by atoms with Crippen LogP contribution in [0.4, 0.5) is 0 Å². The number of benzene rings is 1. The summed E-state index contributed by atoms with van der Waals surface area (Å²) in [4.78, 5) is 4.74. The lowest BCUT2D eigenvalue weighted by atomic mass is 10.2. The summed E-state index contributed by atoms with van der Waals surface area (Å²) in [5, 5.41) is 13.5. The van der Waals surface area contributed by atoms with Gasteiger partial charge in [0.2, 0.25) is 0 Å². The number of hydrogen-bond acceptors (Lipinski definition) is 3. The Kier molecular flexibility index (Phi) is 3.22. The maximum absolute atomic E-state index is 9.03. The molecule has 3 rings (SSSR count). The lowest BCUT2D eigenvalue weighted by molar-refractivity contribution is 0.746. The Morgan fingerprint density at radius 2 is 2.10 bits per heavy atom. The minimum Gasteiger partial charge on any atom is -0.324 e. The van der Waals surface area contributed by atoms with Gasteiger partial charge in [-0.15, -0.1) is 0 Å². The highest BCUT2D eigenvalue weighted by molar-refractivity contribution is 5.82. The second kappa shape index (κ2) is 5.06. The van der Waals surface area contributed by atoms with Crippen molar-refractivity contribution in [2.75, 3.05) is 0 Å². The van der Waals surface area contributed by atoms with Crippen molar-refractivity contribution in [3.8, 4) is 17.5 Å². The van der Waals surface area contributed by atoms with Crippen molar-refractivity contribution in [1.82, 2.24) is 19.3 Å². The molecule has 0 spiro atoms. The SMILES string of the molecule is CCc1nn(C)cc1-c1nc2cc(C#N)ccc2n1CC. The van der Waals surface area contributed by atoms with E-state index in [4.69, 9.17) is 10.2 Å². The van der Waals surface area contributed by atoms with Crippen molar-refractivity contribution >= 4 is 11.0 Å². The van der Waals surface area contributed by atoms with E-state index in [2.05, 4.69) is 29.6 Å². The first kappa shape index (κ1) is 13.4. The van der Waals surface area contributed by atoms with Crippen LogP contribution in [0.2, 0.25) is 0 Å². The number of fused-ring (bicyclic) bond motifs is 1. The third-order valence-electron chi connectivity index (χ3n) is 3.67. The second-order valence-electron chi connectivity index (χ2n) is 5.01. The molecule has 3 aromatic rings. The maximum Gasteiger partial charge on any atom is 0.144 e. The van der Waals surface area contributed by atoms with Crippen LogP contribution in [0, 0.1) is 11.3 Å². The van der Waals surface area contributed by atoms with Crippen molar-refractivity contribution < 1.29 is 0 Å². The van der Waals surface area contributed by atoms with E-state index < -0.39 is 0 Å². The summed E-state index contributed by atoms with van der Waals surface area (Å²) in [5.41, 5.74) is 4.66. The fraction of sp³-hybridized carbons (Fsp3) is 0.312. The van der Waals surface area contributed by atoms with Crippen LogP contribution in [0.1, 0.15) is 25.1 Å². The van der Waals surface area contributed by atoms with Crippen LogP contribution in [0.25, 0.3) is 22.4 Å². The molecule has 21 heavy (non-hydrogen) atoms. The topological polar surface area (TPSA) is 59.4 Å². The van der Waals surface area contributed by atoms with E-state index >= 15 is 0 Å². The van der Waals surface area contributed by atoms with E-state index in [9.17, 15) is 0 Å². The predicted octanol–water partition coefficient (Wildman–Crippen LogP) is 2.89. The molecule has 0 bridgehead atoms. The molecule has 1 aromatic carbocycles. The van der Waals surface area contributed by atoms with Crippen LogP contribution in [-0.2, 0) is 20.0 Å². The van der Waals surface area contributed by atoms with Crippen LogP contribution in [0.3, 0.4) is 0 Å². The van der Waals surface area contributed by atoms with E-state index in [-0.39, 0.29) is 0 Å². The van der Waals surface area contributed by atoms with Crippen molar-refractivity contribution in [3.05, 3.63) is 35.7 Å². The maximum atomic E-state index is 9.03. The fourth-order valence-electron chi connectivity index (χ4n) is 2.71. The molecule has 0 saturated carbocycles. The molecule has 0 fully saturated rings. The van der Waals surface area contributed by atoms with Crippen LogP contribution in [0.5, 0.6) is 0 Å². The molecule has 0 N–H and O–H groups in total. The zero-order valence-corrected chi connectivity index (χ0v) is 12.5. The first-order chi connectivity index (χ1) is 10.2. The van der Waals surface area contributed by atoms with Gasteiger partial charge in [-0.3, -0.25) is 4.68 Å². The first-order valence-electron chi connectivity index (χ1n) is 7.11. The Labute approximate surface area is 123 Å². The minimum atomic E-state index is 0.636.